The number of amidine groups is 2. The molecule has 5 heteroatoms. The lowest BCUT2D eigenvalue weighted by Crippen LogP contribution is -2.16. The zero-order chi connectivity index (χ0) is 37.4. The normalized spacial score (nSPS) is 12.3. The second kappa shape index (κ2) is 14.0. The fraction of sp³-hybridized carbons (Fsp3) is 0.0196. The van der Waals surface area contributed by atoms with Gasteiger partial charge in [-0.2, -0.15) is 0 Å². The fourth-order valence-electron chi connectivity index (χ4n) is 8.00. The first kappa shape index (κ1) is 33.1. The second-order valence-corrected chi connectivity index (χ2v) is 14.0. The summed E-state index contributed by atoms with van der Waals surface area (Å²) in [4.78, 5) is 10.3. The Hall–Kier alpha value is -7.50. The maximum Gasteiger partial charge on any atom is 0.158 e. The number of rotatable bonds is 7. The highest BCUT2D eigenvalue weighted by Crippen LogP contribution is 2.40. The Morgan fingerprint density at radius 1 is 0.411 bits per heavy atom. The topological polar surface area (TPSA) is 60.6 Å². The number of nitrogens with two attached hydrogens (primary N) is 1. The molecule has 266 valence electrons. The van der Waals surface area contributed by atoms with Gasteiger partial charge in [0.1, 0.15) is 12.5 Å². The molecule has 0 aliphatic carbocycles. The van der Waals surface area contributed by atoms with Gasteiger partial charge >= 0.3 is 0 Å². The third kappa shape index (κ3) is 5.83. The smallest absolute Gasteiger partial charge is 0.158 e. The summed E-state index contributed by atoms with van der Waals surface area (Å²) in [6.07, 6.45) is 0. The molecule has 0 saturated heterocycles. The Morgan fingerprint density at radius 2 is 0.893 bits per heavy atom. The van der Waals surface area contributed by atoms with Crippen LogP contribution < -0.4 is 5.73 Å². The van der Waals surface area contributed by atoms with Gasteiger partial charge in [0.25, 0.3) is 0 Å². The Bertz CT molecular complexity index is 3060. The van der Waals surface area contributed by atoms with Crippen LogP contribution in [0.5, 0.6) is 0 Å². The summed E-state index contributed by atoms with van der Waals surface area (Å²) in [6.45, 7) is 0.339. The summed E-state index contributed by atoms with van der Waals surface area (Å²) in [6, 6.07) is 69.9. The van der Waals surface area contributed by atoms with Crippen molar-refractivity contribution in [1.82, 2.24) is 9.13 Å². The molecule has 0 saturated carbocycles. The Morgan fingerprint density at radius 3 is 1.52 bits per heavy atom. The van der Waals surface area contributed by atoms with Crippen molar-refractivity contribution in [3.05, 3.63) is 211 Å². The molecule has 2 heterocycles. The van der Waals surface area contributed by atoms with Crippen molar-refractivity contribution in [2.45, 2.75) is 6.67 Å². The molecule has 0 spiro atoms. The maximum absolute atomic E-state index is 6.76. The van der Waals surface area contributed by atoms with Gasteiger partial charge in [-0.25, -0.2) is 9.98 Å². The number of aromatic nitrogens is 2. The monoisotopic (exact) mass is 719 g/mol. The molecule has 0 unspecified atom stereocenters. The Labute approximate surface area is 325 Å². The van der Waals surface area contributed by atoms with E-state index in [1.165, 1.54) is 32.7 Å². The van der Waals surface area contributed by atoms with E-state index < -0.39 is 0 Å². The van der Waals surface area contributed by atoms with Crippen LogP contribution >= 0.6 is 0 Å². The van der Waals surface area contributed by atoms with Crippen LogP contribution in [0.15, 0.2) is 210 Å². The Balaban J connectivity index is 1.15. The van der Waals surface area contributed by atoms with Crippen molar-refractivity contribution in [3.63, 3.8) is 0 Å². The standard InChI is InChI=1S/C51H37N5/c52-50(39-26-24-37(25-27-39)35-14-4-1-5-15-35)54-51(40-18-8-3-9-19-40)53-34-55-46-22-12-10-20-42(46)44-32-33-45-43-21-11-13-23-47(43)56(49(45)48(44)55)41-30-28-38(29-31-41)36-16-6-2-7-17-36/h1-33H,34H2,(H2,52,53,54). The number of benzene rings is 8. The molecule has 2 aromatic heterocycles. The lowest BCUT2D eigenvalue weighted by atomic mass is 10.0. The molecule has 0 atom stereocenters. The quantitative estimate of drug-likeness (QED) is 0.129. The van der Waals surface area contributed by atoms with Gasteiger partial charge in [0.05, 0.1) is 22.1 Å². The SMILES string of the molecule is NC(=N/C(=N\Cn1c2ccccc2c2ccc3c4ccccc4n(-c4ccc(-c5ccccc5)cc4)c3c21)c1ccccc1)c1ccc(-c2ccccc2)cc1. The molecular weight excluding hydrogens is 683 g/mol. The molecule has 10 aromatic rings. The van der Waals surface area contributed by atoms with Gasteiger partial charge in [-0.05, 0) is 46.5 Å². The predicted octanol–water partition coefficient (Wildman–Crippen LogP) is 12.0. The maximum atomic E-state index is 6.76. The summed E-state index contributed by atoms with van der Waals surface area (Å²) in [5.41, 5.74) is 18.8. The summed E-state index contributed by atoms with van der Waals surface area (Å²) in [5, 5.41) is 4.75. The third-order valence-electron chi connectivity index (χ3n) is 10.7. The van der Waals surface area contributed by atoms with E-state index in [9.17, 15) is 0 Å². The molecule has 5 nitrogen and oxygen atoms in total. The second-order valence-electron chi connectivity index (χ2n) is 14.0. The Kier molecular flexibility index (Phi) is 8.30. The van der Waals surface area contributed by atoms with E-state index in [1.807, 2.05) is 60.7 Å². The molecule has 56 heavy (non-hydrogen) atoms. The van der Waals surface area contributed by atoms with E-state index in [1.54, 1.807) is 0 Å². The van der Waals surface area contributed by atoms with Crippen molar-refractivity contribution < 1.29 is 0 Å². The number of hydrogen-bond donors (Lipinski definition) is 1. The molecule has 0 aliphatic heterocycles. The van der Waals surface area contributed by atoms with Crippen molar-refractivity contribution in [1.29, 1.82) is 0 Å². The summed E-state index contributed by atoms with van der Waals surface area (Å²) in [7, 11) is 0. The third-order valence-corrected chi connectivity index (χ3v) is 10.7. The molecule has 0 bridgehead atoms. The van der Waals surface area contributed by atoms with Gasteiger partial charge in [0.2, 0.25) is 0 Å². The average molecular weight is 720 g/mol. The molecular formula is C51H37N5. The zero-order valence-electron chi connectivity index (χ0n) is 30.6. The van der Waals surface area contributed by atoms with E-state index in [0.29, 0.717) is 18.3 Å². The van der Waals surface area contributed by atoms with Gasteiger partial charge in [0, 0.05) is 38.4 Å². The van der Waals surface area contributed by atoms with Gasteiger partial charge in [-0.15, -0.1) is 0 Å². The predicted molar refractivity (Wildman–Crippen MR) is 235 cm³/mol. The molecule has 8 aromatic carbocycles. The number of nitrogens with zero attached hydrogens (tertiary/aromatic N) is 4. The van der Waals surface area contributed by atoms with Gasteiger partial charge in [-0.3, -0.25) is 0 Å². The molecule has 0 fully saturated rings. The van der Waals surface area contributed by atoms with Crippen LogP contribution in [0.2, 0.25) is 0 Å². The van der Waals surface area contributed by atoms with Crippen molar-refractivity contribution in [2.75, 3.05) is 0 Å². The summed E-state index contributed by atoms with van der Waals surface area (Å²) >= 11 is 0. The minimum Gasteiger partial charge on any atom is -0.383 e. The number of hydrogen-bond acceptors (Lipinski definition) is 1. The van der Waals surface area contributed by atoms with Gasteiger partial charge in [0.15, 0.2) is 5.84 Å². The first-order valence-corrected chi connectivity index (χ1v) is 18.9. The van der Waals surface area contributed by atoms with Crippen LogP contribution in [-0.2, 0) is 6.67 Å². The van der Waals surface area contributed by atoms with Crippen LogP contribution in [0, 0.1) is 0 Å². The van der Waals surface area contributed by atoms with E-state index in [0.717, 1.165) is 50.0 Å². The molecule has 0 amide bonds. The van der Waals surface area contributed by atoms with Crippen molar-refractivity contribution >= 4 is 55.3 Å². The summed E-state index contributed by atoms with van der Waals surface area (Å²) in [5.74, 6) is 0.987. The van der Waals surface area contributed by atoms with Crippen LogP contribution in [-0.4, -0.2) is 20.8 Å². The van der Waals surface area contributed by atoms with Crippen molar-refractivity contribution in [3.8, 4) is 27.9 Å². The molecule has 10 rings (SSSR count). The number of para-hydroxylation sites is 2. The van der Waals surface area contributed by atoms with Gasteiger partial charge < -0.3 is 14.9 Å². The van der Waals surface area contributed by atoms with E-state index in [-0.39, 0.29) is 0 Å². The van der Waals surface area contributed by atoms with Crippen LogP contribution in [0.1, 0.15) is 11.1 Å². The van der Waals surface area contributed by atoms with E-state index >= 15 is 0 Å². The molecule has 0 radical (unpaired) electrons. The highest BCUT2D eigenvalue weighted by atomic mass is 15.1. The largest absolute Gasteiger partial charge is 0.383 e. The first-order chi connectivity index (χ1) is 27.7. The average Bonchev–Trinajstić information content (AvgIpc) is 3.79. The lowest BCUT2D eigenvalue weighted by molar-refractivity contribution is 0.792. The van der Waals surface area contributed by atoms with Gasteiger partial charge in [-0.1, -0.05) is 176 Å². The minimum absolute atomic E-state index is 0.339. The van der Waals surface area contributed by atoms with Crippen LogP contribution in [0.3, 0.4) is 0 Å². The summed E-state index contributed by atoms with van der Waals surface area (Å²) < 4.78 is 4.75. The molecule has 0 aliphatic rings. The number of fused-ring (bicyclic) bond motifs is 7. The fourth-order valence-corrected chi connectivity index (χ4v) is 8.00. The highest BCUT2D eigenvalue weighted by Gasteiger charge is 2.20. The molecule has 2 N–H and O–H groups in total. The highest BCUT2D eigenvalue weighted by molar-refractivity contribution is 6.23. The first-order valence-electron chi connectivity index (χ1n) is 18.9. The van der Waals surface area contributed by atoms with E-state index in [2.05, 4.69) is 149 Å². The minimum atomic E-state index is 0.339. The zero-order valence-corrected chi connectivity index (χ0v) is 30.6. The number of aliphatic imine (C=N–C) groups is 2. The van der Waals surface area contributed by atoms with Crippen molar-refractivity contribution in [2.24, 2.45) is 15.7 Å². The van der Waals surface area contributed by atoms with Crippen LogP contribution in [0.4, 0.5) is 0 Å². The van der Waals surface area contributed by atoms with E-state index in [4.69, 9.17) is 15.7 Å². The lowest BCUT2D eigenvalue weighted by Gasteiger charge is -2.12. The van der Waals surface area contributed by atoms with Crippen LogP contribution in [0.25, 0.3) is 71.6 Å².